The van der Waals surface area contributed by atoms with E-state index < -0.39 is 15.0 Å². The second-order valence-electron chi connectivity index (χ2n) is 2.91. The first-order valence-electron chi connectivity index (χ1n) is 4.15. The highest BCUT2D eigenvalue weighted by Gasteiger charge is 2.20. The molecule has 0 saturated carbocycles. The Hall–Kier alpha value is -0.780. The van der Waals surface area contributed by atoms with Crippen LogP contribution in [-0.4, -0.2) is 21.5 Å². The van der Waals surface area contributed by atoms with Crippen molar-refractivity contribution in [2.45, 2.75) is 11.3 Å². The number of benzene rings is 1. The number of hydrogen-bond donors (Lipinski definition) is 0. The number of rotatable bonds is 3. The van der Waals surface area contributed by atoms with Crippen molar-refractivity contribution < 1.29 is 17.9 Å². The summed E-state index contributed by atoms with van der Waals surface area (Å²) < 4.78 is 26.9. The van der Waals surface area contributed by atoms with Gasteiger partial charge in [-0.15, -0.1) is 0 Å². The highest BCUT2D eigenvalue weighted by Crippen LogP contribution is 2.27. The molecule has 1 aromatic carbocycles. The molecule has 0 atom stereocenters. The number of hydrogen-bond acceptors (Lipinski definition) is 4. The molecule has 4 nitrogen and oxygen atoms in total. The molecule has 0 amide bonds. The van der Waals surface area contributed by atoms with Gasteiger partial charge in [0.05, 0.1) is 18.4 Å². The lowest BCUT2D eigenvalue weighted by atomic mass is 10.1. The smallest absolute Gasteiger partial charge is 0.310 e. The van der Waals surface area contributed by atoms with Gasteiger partial charge in [0.25, 0.3) is 9.05 Å². The van der Waals surface area contributed by atoms with E-state index in [2.05, 4.69) is 4.74 Å². The first-order valence-corrected chi connectivity index (χ1v) is 6.84. The Bertz CT molecular complexity index is 510. The fourth-order valence-corrected chi connectivity index (χ4v) is 2.60. The minimum absolute atomic E-state index is 0.144. The van der Waals surface area contributed by atoms with Crippen molar-refractivity contribution in [1.82, 2.24) is 0 Å². The second-order valence-corrected chi connectivity index (χ2v) is 5.85. The molecule has 1 rings (SSSR count). The van der Waals surface area contributed by atoms with Crippen LogP contribution in [-0.2, 0) is 25.0 Å². The van der Waals surface area contributed by atoms with E-state index in [0.717, 1.165) is 0 Å². The predicted octanol–water partition coefficient (Wildman–Crippen LogP) is 1.98. The fraction of sp³-hybridized carbons (Fsp3) is 0.222. The van der Waals surface area contributed by atoms with Crippen LogP contribution < -0.4 is 0 Å². The van der Waals surface area contributed by atoms with Gasteiger partial charge in [-0.05, 0) is 12.1 Å². The van der Waals surface area contributed by atoms with Crippen molar-refractivity contribution in [3.63, 3.8) is 0 Å². The summed E-state index contributed by atoms with van der Waals surface area (Å²) in [7, 11) is 2.50. The number of esters is 1. The Balaban J connectivity index is 3.30. The van der Waals surface area contributed by atoms with Crippen molar-refractivity contribution >= 4 is 37.3 Å². The normalized spacial score (nSPS) is 11.2. The van der Waals surface area contributed by atoms with Gasteiger partial charge in [-0.3, -0.25) is 4.79 Å². The lowest BCUT2D eigenvalue weighted by Crippen LogP contribution is -2.08. The molecule has 0 radical (unpaired) electrons. The van der Waals surface area contributed by atoms with Gasteiger partial charge in [-0.25, -0.2) is 8.42 Å². The molecule has 0 spiro atoms. The van der Waals surface area contributed by atoms with Crippen molar-refractivity contribution in [3.05, 3.63) is 28.8 Å². The number of halogens is 2. The SMILES string of the molecule is COC(=O)Cc1c(Cl)cccc1S(=O)(=O)Cl. The van der Waals surface area contributed by atoms with Crippen LogP contribution in [0.5, 0.6) is 0 Å². The summed E-state index contributed by atoms with van der Waals surface area (Å²) in [6.07, 6.45) is -0.239. The molecule has 0 bridgehead atoms. The lowest BCUT2D eigenvalue weighted by Gasteiger charge is -2.07. The van der Waals surface area contributed by atoms with Crippen molar-refractivity contribution in [2.75, 3.05) is 7.11 Å². The molecule has 16 heavy (non-hydrogen) atoms. The molecule has 0 N–H and O–H groups in total. The standard InChI is InChI=1S/C9H8Cl2O4S/c1-15-9(12)5-6-7(10)3-2-4-8(6)16(11,13)14/h2-4H,5H2,1H3. The third-order valence-electron chi connectivity index (χ3n) is 1.89. The monoisotopic (exact) mass is 282 g/mol. The Labute approximate surface area is 103 Å². The van der Waals surface area contributed by atoms with E-state index in [1.54, 1.807) is 0 Å². The average Bonchev–Trinajstić information content (AvgIpc) is 2.19. The Morgan fingerprint density at radius 2 is 2.06 bits per heavy atom. The third kappa shape index (κ3) is 3.10. The van der Waals surface area contributed by atoms with Crippen molar-refractivity contribution in [3.8, 4) is 0 Å². The number of carbonyl (C=O) groups excluding carboxylic acids is 1. The summed E-state index contributed by atoms with van der Waals surface area (Å²) in [5.74, 6) is -0.588. The number of ether oxygens (including phenoxy) is 1. The molecule has 1 aromatic rings. The highest BCUT2D eigenvalue weighted by atomic mass is 35.7. The zero-order valence-corrected chi connectivity index (χ0v) is 10.6. The molecule has 88 valence electrons. The number of methoxy groups -OCH3 is 1. The molecule has 0 heterocycles. The van der Waals surface area contributed by atoms with Gasteiger partial charge in [-0.1, -0.05) is 17.7 Å². The zero-order chi connectivity index (χ0) is 12.3. The fourth-order valence-electron chi connectivity index (χ4n) is 1.16. The van der Waals surface area contributed by atoms with Gasteiger partial charge in [0.2, 0.25) is 0 Å². The molecule has 0 aromatic heterocycles. The summed E-state index contributed by atoms with van der Waals surface area (Å²) in [5, 5.41) is 0.159. The third-order valence-corrected chi connectivity index (χ3v) is 3.65. The van der Waals surface area contributed by atoms with Gasteiger partial charge < -0.3 is 4.74 Å². The van der Waals surface area contributed by atoms with Gasteiger partial charge >= 0.3 is 5.97 Å². The van der Waals surface area contributed by atoms with Crippen LogP contribution in [0.15, 0.2) is 23.1 Å². The minimum Gasteiger partial charge on any atom is -0.469 e. The van der Waals surface area contributed by atoms with E-state index >= 15 is 0 Å². The summed E-state index contributed by atoms with van der Waals surface area (Å²) in [4.78, 5) is 10.9. The van der Waals surface area contributed by atoms with Crippen LogP contribution in [0.25, 0.3) is 0 Å². The molecule has 0 saturated heterocycles. The van der Waals surface area contributed by atoms with E-state index in [4.69, 9.17) is 22.3 Å². The predicted molar refractivity (Wildman–Crippen MR) is 60.2 cm³/mol. The summed E-state index contributed by atoms with van der Waals surface area (Å²) in [6.45, 7) is 0. The van der Waals surface area contributed by atoms with Crippen molar-refractivity contribution in [1.29, 1.82) is 0 Å². The van der Waals surface area contributed by atoms with Crippen molar-refractivity contribution in [2.24, 2.45) is 0 Å². The van der Waals surface area contributed by atoms with E-state index in [9.17, 15) is 13.2 Å². The van der Waals surface area contributed by atoms with Crippen LogP contribution in [0.4, 0.5) is 0 Å². The molecule has 0 aliphatic heterocycles. The Morgan fingerprint density at radius 1 is 1.44 bits per heavy atom. The first kappa shape index (κ1) is 13.3. The second kappa shape index (κ2) is 5.03. The average molecular weight is 283 g/mol. The topological polar surface area (TPSA) is 60.4 Å². The molecule has 0 unspecified atom stereocenters. The molecule has 7 heteroatoms. The number of carbonyl (C=O) groups is 1. The minimum atomic E-state index is -3.93. The molecular weight excluding hydrogens is 275 g/mol. The lowest BCUT2D eigenvalue weighted by molar-refractivity contribution is -0.139. The van der Waals surface area contributed by atoms with E-state index in [-0.39, 0.29) is 21.9 Å². The van der Waals surface area contributed by atoms with Crippen LogP contribution in [0.1, 0.15) is 5.56 Å². The van der Waals surface area contributed by atoms with Crippen LogP contribution >= 0.6 is 22.3 Å². The molecule has 0 fully saturated rings. The quantitative estimate of drug-likeness (QED) is 0.628. The summed E-state index contributed by atoms with van der Waals surface area (Å²) in [6, 6.07) is 4.20. The zero-order valence-electron chi connectivity index (χ0n) is 8.24. The summed E-state index contributed by atoms with van der Waals surface area (Å²) >= 11 is 5.81. The first-order chi connectivity index (χ1) is 7.36. The highest BCUT2D eigenvalue weighted by molar-refractivity contribution is 8.13. The van der Waals surface area contributed by atoms with E-state index in [1.165, 1.54) is 25.3 Å². The van der Waals surface area contributed by atoms with Crippen LogP contribution in [0, 0.1) is 0 Å². The molecule has 0 aliphatic carbocycles. The maximum atomic E-state index is 11.2. The van der Waals surface area contributed by atoms with Gasteiger partial charge in [-0.2, -0.15) is 0 Å². The van der Waals surface area contributed by atoms with Gasteiger partial charge in [0.15, 0.2) is 0 Å². The van der Waals surface area contributed by atoms with Gasteiger partial charge in [0, 0.05) is 21.3 Å². The molecular formula is C9H8Cl2O4S. The van der Waals surface area contributed by atoms with E-state index in [0.29, 0.717) is 0 Å². The van der Waals surface area contributed by atoms with Crippen LogP contribution in [0.2, 0.25) is 5.02 Å². The summed E-state index contributed by atoms with van der Waals surface area (Å²) in [5.41, 5.74) is 0.144. The maximum absolute atomic E-state index is 11.2. The van der Waals surface area contributed by atoms with E-state index in [1.807, 2.05) is 0 Å². The maximum Gasteiger partial charge on any atom is 0.310 e. The Morgan fingerprint density at radius 3 is 2.56 bits per heavy atom. The largest absolute Gasteiger partial charge is 0.469 e. The van der Waals surface area contributed by atoms with Crippen LogP contribution in [0.3, 0.4) is 0 Å². The Kier molecular flexibility index (Phi) is 4.18. The molecule has 0 aliphatic rings. The van der Waals surface area contributed by atoms with Gasteiger partial charge in [0.1, 0.15) is 0 Å².